The maximum absolute atomic E-state index is 11.9. The van der Waals surface area contributed by atoms with Gasteiger partial charge in [-0.25, -0.2) is 9.59 Å². The monoisotopic (exact) mass is 354 g/mol. The molecule has 7 nitrogen and oxygen atoms in total. The van der Waals surface area contributed by atoms with Gasteiger partial charge in [-0.1, -0.05) is 32.6 Å². The van der Waals surface area contributed by atoms with Gasteiger partial charge in [-0.15, -0.1) is 0 Å². The first kappa shape index (κ1) is 22.6. The van der Waals surface area contributed by atoms with Crippen molar-refractivity contribution in [2.75, 3.05) is 0 Å². The maximum Gasteiger partial charge on any atom is 0.339 e. The molecule has 140 valence electrons. The van der Waals surface area contributed by atoms with Crippen LogP contribution in [0.2, 0.25) is 0 Å². The first-order chi connectivity index (χ1) is 11.7. The molecule has 0 heterocycles. The van der Waals surface area contributed by atoms with Gasteiger partial charge >= 0.3 is 11.9 Å². The van der Waals surface area contributed by atoms with Crippen molar-refractivity contribution in [2.45, 2.75) is 58.5 Å². The van der Waals surface area contributed by atoms with Crippen LogP contribution in [-0.4, -0.2) is 44.3 Å². The van der Waals surface area contributed by atoms with Crippen molar-refractivity contribution in [2.24, 2.45) is 0 Å². The third-order valence-corrected chi connectivity index (χ3v) is 3.41. The van der Waals surface area contributed by atoms with E-state index in [9.17, 15) is 19.5 Å². The molecule has 0 fully saturated rings. The van der Waals surface area contributed by atoms with Crippen molar-refractivity contribution >= 4 is 17.7 Å². The predicted octanol–water partition coefficient (Wildman–Crippen LogP) is 3.09. The molecule has 25 heavy (non-hydrogen) atoms. The number of carbonyl (C=O) groups excluding carboxylic acids is 1. The first-order valence-electron chi connectivity index (χ1n) is 8.21. The van der Waals surface area contributed by atoms with Gasteiger partial charge < -0.3 is 20.4 Å². The first-order valence-corrected chi connectivity index (χ1v) is 8.21. The summed E-state index contributed by atoms with van der Waals surface area (Å²) in [6.45, 7) is 3.33. The highest BCUT2D eigenvalue weighted by Gasteiger charge is 2.13. The number of aromatic hydroxyl groups is 1. The molecule has 1 rings (SSSR count). The number of carboxylic acids is 2. The van der Waals surface area contributed by atoms with Crippen molar-refractivity contribution in [1.82, 2.24) is 0 Å². The van der Waals surface area contributed by atoms with Crippen molar-refractivity contribution in [3.05, 3.63) is 29.3 Å². The fourth-order valence-electron chi connectivity index (χ4n) is 1.91. The SMILES string of the molecule is CC(O)C(=O)O.CCCCCCCC(=O)c1ccc(O)c(C(=O)O)c1. The number of unbranched alkanes of at least 4 members (excludes halogenated alkanes) is 4. The van der Waals surface area contributed by atoms with Crippen LogP contribution in [0.15, 0.2) is 18.2 Å². The highest BCUT2D eigenvalue weighted by Crippen LogP contribution is 2.20. The fourth-order valence-corrected chi connectivity index (χ4v) is 1.91. The lowest BCUT2D eigenvalue weighted by Gasteiger charge is -2.04. The van der Waals surface area contributed by atoms with Gasteiger partial charge in [0, 0.05) is 12.0 Å². The summed E-state index contributed by atoms with van der Waals surface area (Å²) in [6, 6.07) is 3.97. The Labute approximate surface area is 146 Å². The van der Waals surface area contributed by atoms with Gasteiger partial charge in [-0.05, 0) is 31.5 Å². The number of aliphatic hydroxyl groups is 1. The standard InChI is InChI=1S/C15H20O4.C3H6O3/c1-2-3-4-5-6-7-13(16)11-8-9-14(17)12(10-11)15(18)19;1-2(4)3(5)6/h8-10,17H,2-7H2,1H3,(H,18,19);2,4H,1H3,(H,5,6). The van der Waals surface area contributed by atoms with Gasteiger partial charge in [0.25, 0.3) is 0 Å². The van der Waals surface area contributed by atoms with Crippen LogP contribution in [0.4, 0.5) is 0 Å². The highest BCUT2D eigenvalue weighted by atomic mass is 16.4. The molecule has 0 aliphatic rings. The molecule has 0 aliphatic carbocycles. The molecular formula is C18H26O7. The zero-order valence-corrected chi connectivity index (χ0v) is 14.6. The van der Waals surface area contributed by atoms with E-state index in [4.69, 9.17) is 15.3 Å². The molecule has 0 spiro atoms. The number of benzene rings is 1. The highest BCUT2D eigenvalue weighted by molar-refractivity contribution is 5.99. The summed E-state index contributed by atoms with van der Waals surface area (Å²) < 4.78 is 0. The van der Waals surface area contributed by atoms with Crippen LogP contribution in [0.25, 0.3) is 0 Å². The Kier molecular flexibility index (Phi) is 10.9. The van der Waals surface area contributed by atoms with Gasteiger partial charge in [-0.2, -0.15) is 0 Å². The Morgan fingerprint density at radius 3 is 2.08 bits per heavy atom. The number of phenols is 1. The number of aromatic carboxylic acids is 1. The van der Waals surface area contributed by atoms with Crippen LogP contribution in [0.3, 0.4) is 0 Å². The Hall–Kier alpha value is -2.41. The summed E-state index contributed by atoms with van der Waals surface area (Å²) in [7, 11) is 0. The van der Waals surface area contributed by atoms with Crippen LogP contribution in [0.5, 0.6) is 5.75 Å². The molecule has 0 radical (unpaired) electrons. The lowest BCUT2D eigenvalue weighted by Crippen LogP contribution is -2.13. The lowest BCUT2D eigenvalue weighted by atomic mass is 10.0. The van der Waals surface area contributed by atoms with Crippen LogP contribution >= 0.6 is 0 Å². The molecule has 0 aromatic heterocycles. The van der Waals surface area contributed by atoms with E-state index in [-0.39, 0.29) is 17.1 Å². The summed E-state index contributed by atoms with van der Waals surface area (Å²) in [5.41, 5.74) is 0.127. The zero-order chi connectivity index (χ0) is 19.4. The Bertz CT molecular complexity index is 579. The van der Waals surface area contributed by atoms with E-state index in [1.54, 1.807) is 0 Å². The molecule has 4 N–H and O–H groups in total. The molecular weight excluding hydrogens is 328 g/mol. The number of rotatable bonds is 9. The second-order valence-corrected chi connectivity index (χ2v) is 5.64. The third-order valence-electron chi connectivity index (χ3n) is 3.41. The summed E-state index contributed by atoms with van der Waals surface area (Å²) in [4.78, 5) is 32.2. The van der Waals surface area contributed by atoms with Gasteiger partial charge in [-0.3, -0.25) is 4.79 Å². The molecule has 0 saturated heterocycles. The van der Waals surface area contributed by atoms with Crippen molar-refractivity contribution in [3.63, 3.8) is 0 Å². The molecule has 1 aromatic carbocycles. The number of aliphatic hydroxyl groups excluding tert-OH is 1. The van der Waals surface area contributed by atoms with Gasteiger partial charge in [0.1, 0.15) is 17.4 Å². The van der Waals surface area contributed by atoms with Crippen LogP contribution in [0.1, 0.15) is 73.1 Å². The van der Waals surface area contributed by atoms with Gasteiger partial charge in [0.15, 0.2) is 5.78 Å². The molecule has 0 amide bonds. The molecule has 0 bridgehead atoms. The Morgan fingerprint density at radius 1 is 1.04 bits per heavy atom. The van der Waals surface area contributed by atoms with Crippen molar-refractivity contribution < 1.29 is 34.8 Å². The summed E-state index contributed by atoms with van der Waals surface area (Å²) in [5.74, 6) is -2.80. The van der Waals surface area contributed by atoms with E-state index in [0.717, 1.165) is 25.7 Å². The largest absolute Gasteiger partial charge is 0.507 e. The topological polar surface area (TPSA) is 132 Å². The maximum atomic E-state index is 11.9. The van der Waals surface area contributed by atoms with E-state index in [2.05, 4.69) is 6.92 Å². The van der Waals surface area contributed by atoms with E-state index >= 15 is 0 Å². The molecule has 7 heteroatoms. The number of hydrogen-bond acceptors (Lipinski definition) is 5. The Morgan fingerprint density at radius 2 is 1.60 bits per heavy atom. The van der Waals surface area contributed by atoms with Crippen molar-refractivity contribution in [1.29, 1.82) is 0 Å². The predicted molar refractivity (Wildman–Crippen MR) is 92.1 cm³/mol. The van der Waals surface area contributed by atoms with E-state index in [0.29, 0.717) is 12.0 Å². The smallest absolute Gasteiger partial charge is 0.339 e. The van der Waals surface area contributed by atoms with Crippen LogP contribution < -0.4 is 0 Å². The van der Waals surface area contributed by atoms with Gasteiger partial charge in [0.05, 0.1) is 0 Å². The lowest BCUT2D eigenvalue weighted by molar-refractivity contribution is -0.145. The van der Waals surface area contributed by atoms with Crippen LogP contribution in [0, 0.1) is 0 Å². The number of ketones is 1. The molecule has 0 aliphatic heterocycles. The van der Waals surface area contributed by atoms with Crippen LogP contribution in [-0.2, 0) is 4.79 Å². The average molecular weight is 354 g/mol. The minimum absolute atomic E-state index is 0.0704. The van der Waals surface area contributed by atoms with Gasteiger partial charge in [0.2, 0.25) is 0 Å². The quantitative estimate of drug-likeness (QED) is 0.396. The summed E-state index contributed by atoms with van der Waals surface area (Å²) >= 11 is 0. The van der Waals surface area contributed by atoms with E-state index in [1.807, 2.05) is 0 Å². The summed E-state index contributed by atoms with van der Waals surface area (Å²) in [5, 5.41) is 34.0. The average Bonchev–Trinajstić information content (AvgIpc) is 2.55. The number of carbonyl (C=O) groups is 3. The molecule has 1 atom stereocenters. The van der Waals surface area contributed by atoms with E-state index < -0.39 is 18.0 Å². The second kappa shape index (κ2) is 12.0. The Balaban J connectivity index is 0.000000823. The fraction of sp³-hybridized carbons (Fsp3) is 0.500. The number of hydrogen-bond donors (Lipinski definition) is 4. The molecule has 0 saturated carbocycles. The second-order valence-electron chi connectivity index (χ2n) is 5.64. The number of Topliss-reactive ketones (excluding diaryl/α,β-unsaturated/α-hetero) is 1. The molecule has 1 unspecified atom stereocenters. The normalized spacial score (nSPS) is 11.2. The number of aliphatic carboxylic acids is 1. The summed E-state index contributed by atoms with van der Waals surface area (Å²) in [6.07, 6.45) is 4.49. The van der Waals surface area contributed by atoms with E-state index in [1.165, 1.54) is 31.5 Å². The third kappa shape index (κ3) is 9.46. The number of carboxylic acid groups (broad SMARTS) is 2. The zero-order valence-electron chi connectivity index (χ0n) is 14.6. The molecule has 1 aromatic rings. The van der Waals surface area contributed by atoms with Crippen molar-refractivity contribution in [3.8, 4) is 5.75 Å². The minimum Gasteiger partial charge on any atom is -0.507 e. The minimum atomic E-state index is -1.23.